The van der Waals surface area contributed by atoms with Gasteiger partial charge in [-0.3, -0.25) is 0 Å². The Balaban J connectivity index is 2.03. The molecule has 164 valence electrons. The van der Waals surface area contributed by atoms with Crippen LogP contribution >= 0.6 is 11.6 Å². The predicted octanol–water partition coefficient (Wildman–Crippen LogP) is 4.64. The van der Waals surface area contributed by atoms with Crippen LogP contribution < -0.4 is 15.2 Å². The molecule has 1 aromatic heterocycles. The Kier molecular flexibility index (Phi) is 6.40. The third-order valence-electron chi connectivity index (χ3n) is 4.76. The smallest absolute Gasteiger partial charge is 0.354 e. The minimum Gasteiger partial charge on any atom is -0.477 e. The zero-order chi connectivity index (χ0) is 22.2. The molecule has 8 nitrogen and oxygen atoms in total. The summed E-state index contributed by atoms with van der Waals surface area (Å²) in [6.07, 6.45) is 2.05. The normalized spacial score (nSPS) is 15.5. The van der Waals surface area contributed by atoms with Crippen molar-refractivity contribution in [2.24, 2.45) is 9.50 Å². The maximum absolute atomic E-state index is 14.7. The molecular formula is C19H25ClFN5O3S. The van der Waals surface area contributed by atoms with Gasteiger partial charge in [0.2, 0.25) is 5.88 Å². The van der Waals surface area contributed by atoms with Crippen molar-refractivity contribution in [2.45, 2.75) is 57.4 Å². The number of benzene rings is 1. The number of carbonyl (C=O) groups is 1. The number of fused-ring (bicyclic) bond motifs is 1. The van der Waals surface area contributed by atoms with Gasteiger partial charge >= 0.3 is 6.03 Å². The highest BCUT2D eigenvalue weighted by Gasteiger charge is 2.26. The standard InChI is InChI=1S/C19H25ClFN5O3S/c1-10(2)12-8-13(20)16(21)15(11(3)4)17(12)24-19(27)25-30(22,28)14-9-23-26-6-5-7-29-18(14)26/h8-11H,5-7H2,1-4H3,(H3,22,24,25,27,28). The van der Waals surface area contributed by atoms with Crippen molar-refractivity contribution >= 4 is 33.2 Å². The fraction of sp³-hybridized carbons (Fsp3) is 0.474. The van der Waals surface area contributed by atoms with Crippen LogP contribution in [0.25, 0.3) is 0 Å². The van der Waals surface area contributed by atoms with Gasteiger partial charge < -0.3 is 10.1 Å². The molecule has 1 aliphatic heterocycles. The molecule has 0 radical (unpaired) electrons. The van der Waals surface area contributed by atoms with Crippen molar-refractivity contribution in [3.8, 4) is 5.88 Å². The number of rotatable bonds is 4. The molecular weight excluding hydrogens is 433 g/mol. The van der Waals surface area contributed by atoms with Crippen LogP contribution in [0.2, 0.25) is 5.02 Å². The average molecular weight is 458 g/mol. The summed E-state index contributed by atoms with van der Waals surface area (Å²) in [5, 5.41) is 12.5. The van der Waals surface area contributed by atoms with E-state index in [1.807, 2.05) is 13.8 Å². The summed E-state index contributed by atoms with van der Waals surface area (Å²) in [5.74, 6) is -0.698. The third kappa shape index (κ3) is 4.30. The number of hydrogen-bond donors (Lipinski definition) is 2. The van der Waals surface area contributed by atoms with Gasteiger partial charge in [0.1, 0.15) is 10.7 Å². The quantitative estimate of drug-likeness (QED) is 0.696. The molecule has 0 saturated heterocycles. The van der Waals surface area contributed by atoms with Crippen LogP contribution in [0.15, 0.2) is 21.5 Å². The van der Waals surface area contributed by atoms with Gasteiger partial charge in [-0.1, -0.05) is 39.3 Å². The van der Waals surface area contributed by atoms with E-state index in [1.165, 1.54) is 16.9 Å². The van der Waals surface area contributed by atoms with Crippen LogP contribution in [0.1, 0.15) is 57.1 Å². The number of hydrogen-bond acceptors (Lipinski definition) is 4. The monoisotopic (exact) mass is 457 g/mol. The summed E-state index contributed by atoms with van der Waals surface area (Å²) < 4.78 is 38.4. The summed E-state index contributed by atoms with van der Waals surface area (Å²) in [5.41, 5.74) is 1.16. The van der Waals surface area contributed by atoms with Crippen LogP contribution in [0, 0.1) is 5.82 Å². The minimum atomic E-state index is -3.63. The highest BCUT2D eigenvalue weighted by molar-refractivity contribution is 7.91. The first-order valence-corrected chi connectivity index (χ1v) is 11.5. The van der Waals surface area contributed by atoms with Gasteiger partial charge in [0, 0.05) is 18.5 Å². The van der Waals surface area contributed by atoms with E-state index >= 15 is 0 Å². The van der Waals surface area contributed by atoms with Gasteiger partial charge in [0.05, 0.1) is 23.5 Å². The highest BCUT2D eigenvalue weighted by atomic mass is 35.5. The Morgan fingerprint density at radius 3 is 2.73 bits per heavy atom. The Morgan fingerprint density at radius 1 is 1.40 bits per heavy atom. The SMILES string of the molecule is CC(C)c1cc(Cl)c(F)c(C(C)C)c1NC(=O)N=S(N)(=O)c1cnn2c1OCCC2. The van der Waals surface area contributed by atoms with Crippen molar-refractivity contribution in [1.82, 2.24) is 9.78 Å². The number of carbonyl (C=O) groups excluding carboxylic acids is 1. The number of nitrogens with two attached hydrogens (primary N) is 1. The van der Waals surface area contributed by atoms with Crippen LogP contribution in [0.4, 0.5) is 14.9 Å². The molecule has 2 heterocycles. The zero-order valence-corrected chi connectivity index (χ0v) is 18.8. The highest BCUT2D eigenvalue weighted by Crippen LogP contribution is 2.38. The van der Waals surface area contributed by atoms with Crippen molar-refractivity contribution < 1.29 is 18.1 Å². The zero-order valence-electron chi connectivity index (χ0n) is 17.2. The Morgan fingerprint density at radius 2 is 2.10 bits per heavy atom. The molecule has 3 N–H and O–H groups in total. The second-order valence-electron chi connectivity index (χ2n) is 7.69. The van der Waals surface area contributed by atoms with Gasteiger partial charge in [-0.25, -0.2) is 23.2 Å². The molecule has 1 aromatic carbocycles. The lowest BCUT2D eigenvalue weighted by Gasteiger charge is -2.21. The number of urea groups is 1. The molecule has 0 fully saturated rings. The third-order valence-corrected chi connectivity index (χ3v) is 6.39. The maximum atomic E-state index is 14.7. The van der Waals surface area contributed by atoms with Crippen LogP contribution in [0.3, 0.4) is 0 Å². The fourth-order valence-corrected chi connectivity index (χ4v) is 4.57. The largest absolute Gasteiger partial charge is 0.477 e. The van der Waals surface area contributed by atoms with E-state index in [-0.39, 0.29) is 38.9 Å². The molecule has 0 spiro atoms. The number of nitrogens with one attached hydrogen (secondary N) is 1. The van der Waals surface area contributed by atoms with Crippen molar-refractivity contribution in [3.05, 3.63) is 34.2 Å². The lowest BCUT2D eigenvalue weighted by Crippen LogP contribution is -2.21. The maximum Gasteiger partial charge on any atom is 0.354 e. The van der Waals surface area contributed by atoms with E-state index in [2.05, 4.69) is 14.8 Å². The number of aryl methyl sites for hydroxylation is 1. The van der Waals surface area contributed by atoms with Crippen molar-refractivity contribution in [2.75, 3.05) is 11.9 Å². The summed E-state index contributed by atoms with van der Waals surface area (Å²) in [6, 6.07) is 0.522. The summed E-state index contributed by atoms with van der Waals surface area (Å²) >= 11 is 6.06. The van der Waals surface area contributed by atoms with E-state index in [4.69, 9.17) is 21.5 Å². The van der Waals surface area contributed by atoms with Gasteiger partial charge in [0.25, 0.3) is 0 Å². The Labute approximate surface area is 180 Å². The number of ether oxygens (including phenoxy) is 1. The summed E-state index contributed by atoms with van der Waals surface area (Å²) in [4.78, 5) is 12.7. The molecule has 0 aliphatic carbocycles. The lowest BCUT2D eigenvalue weighted by molar-refractivity contribution is 0.224. The molecule has 2 aromatic rings. The molecule has 30 heavy (non-hydrogen) atoms. The molecule has 1 unspecified atom stereocenters. The van der Waals surface area contributed by atoms with Gasteiger partial charge in [-0.15, -0.1) is 4.36 Å². The second-order valence-corrected chi connectivity index (χ2v) is 9.86. The minimum absolute atomic E-state index is 0.0244. The fourth-order valence-electron chi connectivity index (χ4n) is 3.35. The predicted molar refractivity (Wildman–Crippen MR) is 114 cm³/mol. The molecule has 2 amide bonds. The molecule has 1 aliphatic rings. The average Bonchev–Trinajstić information content (AvgIpc) is 3.08. The number of halogens is 2. The summed E-state index contributed by atoms with van der Waals surface area (Å²) in [6.45, 7) is 8.38. The molecule has 3 rings (SSSR count). The van der Waals surface area contributed by atoms with E-state index in [1.54, 1.807) is 13.8 Å². The lowest BCUT2D eigenvalue weighted by atomic mass is 9.92. The van der Waals surface area contributed by atoms with Crippen molar-refractivity contribution in [3.63, 3.8) is 0 Å². The first kappa shape index (κ1) is 22.5. The summed E-state index contributed by atoms with van der Waals surface area (Å²) in [7, 11) is -3.63. The van der Waals surface area contributed by atoms with Crippen molar-refractivity contribution in [1.29, 1.82) is 0 Å². The van der Waals surface area contributed by atoms with E-state index in [0.717, 1.165) is 6.42 Å². The molecule has 0 bridgehead atoms. The first-order chi connectivity index (χ1) is 14.0. The van der Waals surface area contributed by atoms with E-state index in [0.29, 0.717) is 18.7 Å². The number of aromatic nitrogens is 2. The molecule has 0 saturated carbocycles. The first-order valence-electron chi connectivity index (χ1n) is 9.59. The van der Waals surface area contributed by atoms with E-state index < -0.39 is 21.8 Å². The number of amides is 2. The van der Waals surface area contributed by atoms with Crippen LogP contribution in [-0.2, 0) is 16.5 Å². The number of nitrogens with zero attached hydrogens (tertiary/aromatic N) is 3. The van der Waals surface area contributed by atoms with E-state index in [9.17, 15) is 13.4 Å². The second kappa shape index (κ2) is 8.52. The molecule has 11 heteroatoms. The number of anilines is 1. The van der Waals surface area contributed by atoms with Crippen LogP contribution in [0.5, 0.6) is 5.88 Å². The molecule has 1 atom stereocenters. The van der Waals surface area contributed by atoms with Gasteiger partial charge in [-0.2, -0.15) is 5.10 Å². The topological polar surface area (TPSA) is 112 Å². The Hall–Kier alpha value is -2.17. The van der Waals surface area contributed by atoms with Gasteiger partial charge in [-0.05, 0) is 23.5 Å². The Bertz CT molecular complexity index is 1110. The van der Waals surface area contributed by atoms with Crippen LogP contribution in [-0.4, -0.2) is 26.6 Å². The van der Waals surface area contributed by atoms with Gasteiger partial charge in [0.15, 0.2) is 9.92 Å².